The van der Waals surface area contributed by atoms with Crippen LogP contribution >= 0.6 is 11.3 Å². The minimum Gasteiger partial charge on any atom is -0.469 e. The quantitative estimate of drug-likeness (QED) is 0.673. The lowest BCUT2D eigenvalue weighted by atomic mass is 10.1. The van der Waals surface area contributed by atoms with Crippen LogP contribution in [0.15, 0.2) is 46.4 Å². The van der Waals surface area contributed by atoms with Crippen molar-refractivity contribution >= 4 is 28.3 Å². The molecule has 0 radical (unpaired) electrons. The summed E-state index contributed by atoms with van der Waals surface area (Å²) in [5.74, 6) is -0.372. The van der Waals surface area contributed by atoms with Crippen LogP contribution in [0.25, 0.3) is 0 Å². The van der Waals surface area contributed by atoms with Crippen LogP contribution in [0.5, 0.6) is 0 Å². The highest BCUT2D eigenvalue weighted by Gasteiger charge is 2.15. The zero-order valence-corrected chi connectivity index (χ0v) is 15.6. The molecule has 2 heterocycles. The highest BCUT2D eigenvalue weighted by Crippen LogP contribution is 2.19. The van der Waals surface area contributed by atoms with E-state index in [0.29, 0.717) is 27.7 Å². The fourth-order valence-corrected chi connectivity index (χ4v) is 3.25. The predicted molar refractivity (Wildman–Crippen MR) is 100 cm³/mol. The molecule has 2 amide bonds. The summed E-state index contributed by atoms with van der Waals surface area (Å²) in [6.45, 7) is 3.49. The van der Waals surface area contributed by atoms with Crippen LogP contribution in [0.1, 0.15) is 40.3 Å². The Hall–Kier alpha value is -3.00. The van der Waals surface area contributed by atoms with Crippen molar-refractivity contribution in [3.8, 4) is 0 Å². The van der Waals surface area contributed by atoms with Crippen LogP contribution in [0, 0.1) is 12.7 Å². The first-order valence-corrected chi connectivity index (χ1v) is 9.15. The molecule has 3 rings (SSSR count). The van der Waals surface area contributed by atoms with Gasteiger partial charge in [-0.05, 0) is 37.6 Å². The molecule has 8 heteroatoms. The monoisotopic (exact) mass is 387 g/mol. The molecule has 0 spiro atoms. The molecule has 0 bridgehead atoms. The van der Waals surface area contributed by atoms with Gasteiger partial charge in [-0.2, -0.15) is 0 Å². The fourth-order valence-electron chi connectivity index (χ4n) is 2.55. The number of nitrogens with zero attached hydrogens (tertiary/aromatic N) is 1. The Labute approximate surface area is 159 Å². The van der Waals surface area contributed by atoms with E-state index in [1.807, 2.05) is 0 Å². The van der Waals surface area contributed by atoms with E-state index in [2.05, 4.69) is 15.6 Å². The minimum atomic E-state index is -0.346. The third-order valence-electron chi connectivity index (χ3n) is 3.94. The van der Waals surface area contributed by atoms with Crippen molar-refractivity contribution in [2.75, 3.05) is 5.32 Å². The second-order valence-corrected chi connectivity index (χ2v) is 6.87. The number of furan rings is 1. The number of amides is 2. The summed E-state index contributed by atoms with van der Waals surface area (Å²) in [4.78, 5) is 28.6. The molecule has 0 saturated carbocycles. The van der Waals surface area contributed by atoms with Crippen molar-refractivity contribution in [1.82, 2.24) is 10.3 Å². The number of nitrogens with one attached hydrogen (secondary N) is 2. The number of carbonyl (C=O) groups excluding carboxylic acids is 2. The van der Waals surface area contributed by atoms with E-state index >= 15 is 0 Å². The Bertz CT molecular complexity index is 967. The number of anilines is 1. The van der Waals surface area contributed by atoms with Crippen LogP contribution < -0.4 is 10.6 Å². The number of aryl methyl sites for hydroxylation is 1. The second kappa shape index (κ2) is 8.13. The Morgan fingerprint density at radius 1 is 1.33 bits per heavy atom. The van der Waals surface area contributed by atoms with E-state index in [1.54, 1.807) is 37.4 Å². The third kappa shape index (κ3) is 4.79. The topological polar surface area (TPSA) is 84.2 Å². The molecule has 1 unspecified atom stereocenters. The molecule has 2 N–H and O–H groups in total. The first-order chi connectivity index (χ1) is 12.9. The molecule has 1 aromatic carbocycles. The maximum absolute atomic E-state index is 13.3. The molecule has 1 atom stereocenters. The van der Waals surface area contributed by atoms with Crippen molar-refractivity contribution in [2.45, 2.75) is 26.3 Å². The van der Waals surface area contributed by atoms with Gasteiger partial charge < -0.3 is 9.73 Å². The number of carbonyl (C=O) groups is 2. The number of benzene rings is 1. The Morgan fingerprint density at radius 3 is 2.85 bits per heavy atom. The molecular formula is C19H18FN3O3S. The lowest BCUT2D eigenvalue weighted by Crippen LogP contribution is -2.28. The average Bonchev–Trinajstić information content (AvgIpc) is 3.23. The summed E-state index contributed by atoms with van der Waals surface area (Å²) < 4.78 is 18.4. The zero-order valence-electron chi connectivity index (χ0n) is 14.8. The maximum atomic E-state index is 13.3. The smallest absolute Gasteiger partial charge is 0.260 e. The van der Waals surface area contributed by atoms with Crippen LogP contribution in [0.2, 0.25) is 0 Å². The number of halogens is 1. The lowest BCUT2D eigenvalue weighted by molar-refractivity contribution is -0.121. The zero-order chi connectivity index (χ0) is 19.4. The molecule has 2 aromatic heterocycles. The largest absolute Gasteiger partial charge is 0.469 e. The average molecular weight is 387 g/mol. The Balaban J connectivity index is 1.56. The number of thiazole rings is 1. The van der Waals surface area contributed by atoms with Gasteiger partial charge in [0.2, 0.25) is 5.91 Å². The van der Waals surface area contributed by atoms with Gasteiger partial charge >= 0.3 is 0 Å². The van der Waals surface area contributed by atoms with Gasteiger partial charge in [-0.25, -0.2) is 9.37 Å². The highest BCUT2D eigenvalue weighted by atomic mass is 32.1. The summed E-state index contributed by atoms with van der Waals surface area (Å²) in [6, 6.07) is 7.36. The van der Waals surface area contributed by atoms with E-state index < -0.39 is 0 Å². The van der Waals surface area contributed by atoms with E-state index in [-0.39, 0.29) is 30.1 Å². The Kier molecular flexibility index (Phi) is 5.66. The molecule has 0 aliphatic rings. The normalized spacial score (nSPS) is 11.8. The maximum Gasteiger partial charge on any atom is 0.260 e. The second-order valence-electron chi connectivity index (χ2n) is 6.01. The van der Waals surface area contributed by atoms with Gasteiger partial charge in [0, 0.05) is 5.38 Å². The van der Waals surface area contributed by atoms with Crippen LogP contribution in [-0.2, 0) is 11.2 Å². The van der Waals surface area contributed by atoms with Gasteiger partial charge in [0.1, 0.15) is 11.6 Å². The van der Waals surface area contributed by atoms with E-state index in [1.165, 1.54) is 29.7 Å². The highest BCUT2D eigenvalue weighted by molar-refractivity contribution is 7.14. The van der Waals surface area contributed by atoms with Crippen LogP contribution in [-0.4, -0.2) is 16.8 Å². The summed E-state index contributed by atoms with van der Waals surface area (Å²) in [5, 5.41) is 7.61. The standard InChI is InChI=1S/C19H18FN3O3S/c1-11(13-4-3-5-14(20)8-13)21-17(24)9-15-10-27-19(22-15)23-18(25)16-6-7-26-12(16)2/h3-8,10-11H,9H2,1-2H3,(H,21,24)(H,22,23,25). The first-order valence-electron chi connectivity index (χ1n) is 8.27. The molecule has 140 valence electrons. The molecule has 0 fully saturated rings. The van der Waals surface area contributed by atoms with Crippen molar-refractivity contribution in [1.29, 1.82) is 0 Å². The van der Waals surface area contributed by atoms with Crippen molar-refractivity contribution in [2.24, 2.45) is 0 Å². The number of hydrogen-bond acceptors (Lipinski definition) is 5. The van der Waals surface area contributed by atoms with E-state index in [4.69, 9.17) is 4.42 Å². The summed E-state index contributed by atoms with van der Waals surface area (Å²) in [5.41, 5.74) is 1.67. The molecular weight excluding hydrogens is 369 g/mol. The van der Waals surface area contributed by atoms with Gasteiger partial charge in [0.15, 0.2) is 5.13 Å². The van der Waals surface area contributed by atoms with Gasteiger partial charge in [-0.3, -0.25) is 14.9 Å². The molecule has 0 saturated heterocycles. The van der Waals surface area contributed by atoms with Crippen LogP contribution in [0.4, 0.5) is 9.52 Å². The Morgan fingerprint density at radius 2 is 2.15 bits per heavy atom. The summed E-state index contributed by atoms with van der Waals surface area (Å²) >= 11 is 1.24. The number of hydrogen-bond donors (Lipinski definition) is 2. The van der Waals surface area contributed by atoms with Gasteiger partial charge in [0.25, 0.3) is 5.91 Å². The van der Waals surface area contributed by atoms with E-state index in [0.717, 1.165) is 0 Å². The first kappa shape index (κ1) is 18.8. The lowest BCUT2D eigenvalue weighted by Gasteiger charge is -2.14. The SMILES string of the molecule is Cc1occc1C(=O)Nc1nc(CC(=O)NC(C)c2cccc(F)c2)cs1. The molecule has 0 aliphatic heterocycles. The molecule has 6 nitrogen and oxygen atoms in total. The van der Waals surface area contributed by atoms with Gasteiger partial charge in [-0.1, -0.05) is 12.1 Å². The fraction of sp³-hybridized carbons (Fsp3) is 0.211. The minimum absolute atomic E-state index is 0.0662. The van der Waals surface area contributed by atoms with Crippen molar-refractivity contribution in [3.63, 3.8) is 0 Å². The van der Waals surface area contributed by atoms with Gasteiger partial charge in [0.05, 0.1) is 30.0 Å². The molecule has 0 aliphatic carbocycles. The predicted octanol–water partition coefficient (Wildman–Crippen LogP) is 3.86. The van der Waals surface area contributed by atoms with Gasteiger partial charge in [-0.15, -0.1) is 11.3 Å². The van der Waals surface area contributed by atoms with E-state index in [9.17, 15) is 14.0 Å². The summed E-state index contributed by atoms with van der Waals surface area (Å²) in [6.07, 6.45) is 1.51. The third-order valence-corrected chi connectivity index (χ3v) is 4.75. The van der Waals surface area contributed by atoms with Crippen molar-refractivity contribution < 1.29 is 18.4 Å². The number of rotatable bonds is 6. The molecule has 27 heavy (non-hydrogen) atoms. The van der Waals surface area contributed by atoms with Crippen molar-refractivity contribution in [3.05, 3.63) is 70.4 Å². The number of aromatic nitrogens is 1. The van der Waals surface area contributed by atoms with Crippen LogP contribution in [0.3, 0.4) is 0 Å². The summed E-state index contributed by atoms with van der Waals surface area (Å²) in [7, 11) is 0. The molecule has 3 aromatic rings.